The van der Waals surface area contributed by atoms with E-state index < -0.39 is 0 Å². The van der Waals surface area contributed by atoms with E-state index in [1.165, 1.54) is 0 Å². The molecular weight excluding hydrogens is 202 g/mol. The Morgan fingerprint density at radius 2 is 2.50 bits per heavy atom. The van der Waals surface area contributed by atoms with Crippen molar-refractivity contribution >= 4 is 5.82 Å². The van der Waals surface area contributed by atoms with E-state index in [1.807, 2.05) is 0 Å². The van der Waals surface area contributed by atoms with Gasteiger partial charge >= 0.3 is 0 Å². The predicted octanol–water partition coefficient (Wildman–Crippen LogP) is 1.16. The van der Waals surface area contributed by atoms with Crippen molar-refractivity contribution in [3.63, 3.8) is 0 Å². The average Bonchev–Trinajstić information content (AvgIpc) is 2.38. The van der Waals surface area contributed by atoms with Crippen LogP contribution in [-0.2, 0) is 0 Å². The van der Waals surface area contributed by atoms with Gasteiger partial charge in [-0.25, -0.2) is 4.98 Å². The van der Waals surface area contributed by atoms with Crippen LogP contribution in [0.15, 0.2) is 18.3 Å². The molecule has 1 unspecified atom stereocenters. The number of aliphatic hydroxyl groups excluding tert-OH is 1. The summed E-state index contributed by atoms with van der Waals surface area (Å²) in [5.74, 6) is 1.06. The number of anilines is 1. The number of aromatic nitrogens is 1. The number of rotatable bonds is 2. The fourth-order valence-electron chi connectivity index (χ4n) is 2.14. The van der Waals surface area contributed by atoms with Crippen molar-refractivity contribution in [2.75, 3.05) is 24.6 Å². The summed E-state index contributed by atoms with van der Waals surface area (Å²) in [4.78, 5) is 6.36. The summed E-state index contributed by atoms with van der Waals surface area (Å²) in [6, 6.07) is 5.72. The SMILES string of the molecule is N#Cc1cccnc1N1CCCC(CO)C1. The Kier molecular flexibility index (Phi) is 3.37. The number of hydrogen-bond donors (Lipinski definition) is 1. The lowest BCUT2D eigenvalue weighted by Crippen LogP contribution is -2.37. The summed E-state index contributed by atoms with van der Waals surface area (Å²) in [6.07, 6.45) is 3.81. The quantitative estimate of drug-likeness (QED) is 0.807. The van der Waals surface area contributed by atoms with E-state index in [2.05, 4.69) is 16.0 Å². The van der Waals surface area contributed by atoms with Crippen molar-refractivity contribution in [1.82, 2.24) is 4.98 Å². The van der Waals surface area contributed by atoms with Crippen molar-refractivity contribution in [1.29, 1.82) is 5.26 Å². The Morgan fingerprint density at radius 1 is 1.62 bits per heavy atom. The van der Waals surface area contributed by atoms with E-state index in [-0.39, 0.29) is 6.61 Å². The van der Waals surface area contributed by atoms with Gasteiger partial charge in [0.2, 0.25) is 0 Å². The minimum atomic E-state index is 0.214. The van der Waals surface area contributed by atoms with Gasteiger partial charge in [-0.05, 0) is 30.9 Å². The molecule has 16 heavy (non-hydrogen) atoms. The largest absolute Gasteiger partial charge is 0.396 e. The molecule has 0 amide bonds. The fraction of sp³-hybridized carbons (Fsp3) is 0.500. The van der Waals surface area contributed by atoms with Gasteiger partial charge in [0.1, 0.15) is 11.9 Å². The Balaban J connectivity index is 2.20. The predicted molar refractivity (Wildman–Crippen MR) is 61.0 cm³/mol. The third kappa shape index (κ3) is 2.15. The number of aliphatic hydroxyl groups is 1. The van der Waals surface area contributed by atoms with Crippen LogP contribution in [0.4, 0.5) is 5.82 Å². The van der Waals surface area contributed by atoms with Crippen molar-refractivity contribution in [3.05, 3.63) is 23.9 Å². The van der Waals surface area contributed by atoms with Crippen molar-refractivity contribution in [2.45, 2.75) is 12.8 Å². The van der Waals surface area contributed by atoms with Gasteiger partial charge in [0.15, 0.2) is 0 Å². The van der Waals surface area contributed by atoms with Crippen molar-refractivity contribution < 1.29 is 5.11 Å². The Bertz CT molecular complexity index is 399. The third-order valence-electron chi connectivity index (χ3n) is 2.98. The Morgan fingerprint density at radius 3 is 3.25 bits per heavy atom. The van der Waals surface area contributed by atoms with Crippen LogP contribution in [0.25, 0.3) is 0 Å². The van der Waals surface area contributed by atoms with Crippen LogP contribution in [0.3, 0.4) is 0 Å². The number of nitriles is 1. The number of pyridine rings is 1. The minimum Gasteiger partial charge on any atom is -0.396 e. The molecule has 0 radical (unpaired) electrons. The molecule has 4 nitrogen and oxygen atoms in total. The van der Waals surface area contributed by atoms with E-state index >= 15 is 0 Å². The van der Waals surface area contributed by atoms with Crippen LogP contribution in [-0.4, -0.2) is 29.8 Å². The molecule has 84 valence electrons. The van der Waals surface area contributed by atoms with Crippen molar-refractivity contribution in [2.24, 2.45) is 5.92 Å². The Hall–Kier alpha value is -1.60. The molecule has 1 atom stereocenters. The molecule has 0 spiro atoms. The number of hydrogen-bond acceptors (Lipinski definition) is 4. The smallest absolute Gasteiger partial charge is 0.146 e. The zero-order chi connectivity index (χ0) is 11.4. The molecule has 2 rings (SSSR count). The van der Waals surface area contributed by atoms with Crippen LogP contribution in [0.2, 0.25) is 0 Å². The maximum Gasteiger partial charge on any atom is 0.146 e. The molecular formula is C12H15N3O. The lowest BCUT2D eigenvalue weighted by atomic mass is 9.99. The zero-order valence-electron chi connectivity index (χ0n) is 9.13. The van der Waals surface area contributed by atoms with Gasteiger partial charge in [-0.2, -0.15) is 5.26 Å². The highest BCUT2D eigenvalue weighted by Crippen LogP contribution is 2.23. The molecule has 0 saturated carbocycles. The molecule has 0 bridgehead atoms. The molecule has 1 aliphatic rings. The molecule has 1 aromatic heterocycles. The lowest BCUT2D eigenvalue weighted by molar-refractivity contribution is 0.208. The monoisotopic (exact) mass is 217 g/mol. The second kappa shape index (κ2) is 4.95. The molecule has 1 fully saturated rings. The van der Waals surface area contributed by atoms with E-state index in [1.54, 1.807) is 18.3 Å². The second-order valence-electron chi connectivity index (χ2n) is 4.12. The second-order valence-corrected chi connectivity index (χ2v) is 4.12. The van der Waals surface area contributed by atoms with E-state index in [0.717, 1.165) is 31.7 Å². The average molecular weight is 217 g/mol. The van der Waals surface area contributed by atoms with E-state index in [0.29, 0.717) is 11.5 Å². The summed E-state index contributed by atoms with van der Waals surface area (Å²) >= 11 is 0. The van der Waals surface area contributed by atoms with Crippen LogP contribution in [0, 0.1) is 17.2 Å². The fourth-order valence-corrected chi connectivity index (χ4v) is 2.14. The summed E-state index contributed by atoms with van der Waals surface area (Å²) < 4.78 is 0. The maximum atomic E-state index is 9.17. The molecule has 1 aromatic rings. The van der Waals surface area contributed by atoms with Gasteiger partial charge in [0.05, 0.1) is 5.56 Å². The first-order valence-corrected chi connectivity index (χ1v) is 5.56. The maximum absolute atomic E-state index is 9.17. The van der Waals surface area contributed by atoms with E-state index in [4.69, 9.17) is 5.26 Å². The van der Waals surface area contributed by atoms with Crippen molar-refractivity contribution in [3.8, 4) is 6.07 Å². The first-order valence-electron chi connectivity index (χ1n) is 5.56. The summed E-state index contributed by atoms with van der Waals surface area (Å²) in [7, 11) is 0. The van der Waals surface area contributed by atoms with Crippen LogP contribution >= 0.6 is 0 Å². The molecule has 0 aliphatic carbocycles. The highest BCUT2D eigenvalue weighted by Gasteiger charge is 2.21. The molecule has 2 heterocycles. The lowest BCUT2D eigenvalue weighted by Gasteiger charge is -2.33. The van der Waals surface area contributed by atoms with Crippen LogP contribution in [0.5, 0.6) is 0 Å². The van der Waals surface area contributed by atoms with Gasteiger partial charge < -0.3 is 10.0 Å². The van der Waals surface area contributed by atoms with E-state index in [9.17, 15) is 5.11 Å². The van der Waals surface area contributed by atoms with Gasteiger partial charge in [-0.15, -0.1) is 0 Å². The van der Waals surface area contributed by atoms with Gasteiger partial charge in [-0.1, -0.05) is 0 Å². The van der Waals surface area contributed by atoms with Crippen LogP contribution in [0.1, 0.15) is 18.4 Å². The number of piperidine rings is 1. The topological polar surface area (TPSA) is 60.2 Å². The summed E-state index contributed by atoms with van der Waals surface area (Å²) in [6.45, 7) is 1.93. The summed E-state index contributed by atoms with van der Waals surface area (Å²) in [5.41, 5.74) is 0.612. The third-order valence-corrected chi connectivity index (χ3v) is 2.98. The normalized spacial score (nSPS) is 20.5. The number of nitrogens with zero attached hydrogens (tertiary/aromatic N) is 3. The van der Waals surface area contributed by atoms with Gasteiger partial charge in [0, 0.05) is 25.9 Å². The first kappa shape index (κ1) is 10.9. The minimum absolute atomic E-state index is 0.214. The molecule has 1 saturated heterocycles. The molecule has 1 N–H and O–H groups in total. The molecule has 4 heteroatoms. The van der Waals surface area contributed by atoms with Gasteiger partial charge in [-0.3, -0.25) is 0 Å². The highest BCUT2D eigenvalue weighted by molar-refractivity contribution is 5.53. The zero-order valence-corrected chi connectivity index (χ0v) is 9.13. The Labute approximate surface area is 95.1 Å². The summed E-state index contributed by atoms with van der Waals surface area (Å²) in [5, 5.41) is 18.2. The van der Waals surface area contributed by atoms with Crippen LogP contribution < -0.4 is 4.90 Å². The first-order chi connectivity index (χ1) is 7.85. The molecule has 0 aromatic carbocycles. The standard InChI is InChI=1S/C12H15N3O/c13-7-11-4-1-5-14-12(11)15-6-2-3-10(8-15)9-16/h1,4-5,10,16H,2-3,6,8-9H2. The highest BCUT2D eigenvalue weighted by atomic mass is 16.3. The van der Waals surface area contributed by atoms with Gasteiger partial charge in [0.25, 0.3) is 0 Å². The molecule has 1 aliphatic heterocycles.